The molecule has 4 amide bonds. The van der Waals surface area contributed by atoms with Gasteiger partial charge in [-0.3, -0.25) is 14.9 Å². The molecule has 3 aromatic rings. The van der Waals surface area contributed by atoms with Crippen LogP contribution in [0.5, 0.6) is 5.75 Å². The molecule has 1 aliphatic rings. The molecule has 10 heteroatoms. The van der Waals surface area contributed by atoms with Gasteiger partial charge in [-0.2, -0.15) is 0 Å². The third-order valence-electron chi connectivity index (χ3n) is 4.86. The lowest BCUT2D eigenvalue weighted by Gasteiger charge is -2.27. The zero-order valence-electron chi connectivity index (χ0n) is 17.2. The Morgan fingerprint density at radius 2 is 1.74 bits per heavy atom. The van der Waals surface area contributed by atoms with Crippen molar-refractivity contribution in [2.45, 2.75) is 6.61 Å². The van der Waals surface area contributed by atoms with Crippen LogP contribution in [0.25, 0.3) is 6.08 Å². The van der Waals surface area contributed by atoms with Gasteiger partial charge in [-0.1, -0.05) is 57.9 Å². The van der Waals surface area contributed by atoms with Crippen LogP contribution in [0.2, 0.25) is 5.02 Å². The number of amides is 4. The monoisotopic (exact) mass is 606 g/mol. The number of hydrogen-bond acceptors (Lipinski definition) is 4. The van der Waals surface area contributed by atoms with Crippen LogP contribution in [0.1, 0.15) is 11.1 Å². The van der Waals surface area contributed by atoms with Crippen LogP contribution in [0.4, 0.5) is 14.9 Å². The number of nitrogens with one attached hydrogen (secondary N) is 1. The average molecular weight is 609 g/mol. The highest BCUT2D eigenvalue weighted by Gasteiger charge is 2.37. The standard InChI is InChI=1S/C24H14Br2ClFN2O4/c25-15-9-14(21(17(26)11-15)34-12-13-5-1-3-7-19(13)28)10-16-22(31)29-24(33)30(23(16)32)20-8-4-2-6-18(20)27/h1-11H,12H2,(H,29,31,33)/b16-10+. The normalized spacial score (nSPS) is 15.0. The molecule has 1 N–H and O–H groups in total. The molecule has 34 heavy (non-hydrogen) atoms. The first kappa shape index (κ1) is 24.1. The van der Waals surface area contributed by atoms with Crippen LogP contribution < -0.4 is 15.0 Å². The molecule has 0 saturated carbocycles. The van der Waals surface area contributed by atoms with Crippen molar-refractivity contribution in [3.8, 4) is 5.75 Å². The lowest BCUT2D eigenvalue weighted by molar-refractivity contribution is -0.122. The van der Waals surface area contributed by atoms with E-state index in [1.165, 1.54) is 24.3 Å². The molecule has 0 radical (unpaired) electrons. The predicted octanol–water partition coefficient (Wildman–Crippen LogP) is 6.25. The van der Waals surface area contributed by atoms with Gasteiger partial charge in [-0.25, -0.2) is 14.1 Å². The number of hydrogen-bond donors (Lipinski definition) is 1. The van der Waals surface area contributed by atoms with Crippen molar-refractivity contribution in [1.29, 1.82) is 0 Å². The van der Waals surface area contributed by atoms with Crippen molar-refractivity contribution in [1.82, 2.24) is 5.32 Å². The average Bonchev–Trinajstić information content (AvgIpc) is 2.78. The molecule has 0 atom stereocenters. The number of benzene rings is 3. The summed E-state index contributed by atoms with van der Waals surface area (Å²) in [6.07, 6.45) is 1.31. The Labute approximate surface area is 215 Å². The molecule has 1 aliphatic heterocycles. The van der Waals surface area contributed by atoms with Crippen molar-refractivity contribution in [3.05, 3.63) is 97.1 Å². The number of ether oxygens (including phenoxy) is 1. The summed E-state index contributed by atoms with van der Waals surface area (Å²) >= 11 is 13.0. The molecule has 3 aromatic carbocycles. The fourth-order valence-corrected chi connectivity index (χ4v) is 4.86. The second kappa shape index (κ2) is 10.1. The Morgan fingerprint density at radius 1 is 1.03 bits per heavy atom. The number of urea groups is 1. The Morgan fingerprint density at radius 3 is 2.47 bits per heavy atom. The third-order valence-corrected chi connectivity index (χ3v) is 6.23. The maximum Gasteiger partial charge on any atom is 0.335 e. The molecular formula is C24H14Br2ClFN2O4. The first-order valence-electron chi connectivity index (χ1n) is 9.77. The Balaban J connectivity index is 1.74. The van der Waals surface area contributed by atoms with E-state index in [2.05, 4.69) is 37.2 Å². The molecule has 0 bridgehead atoms. The minimum atomic E-state index is -0.910. The van der Waals surface area contributed by atoms with Crippen LogP contribution >= 0.6 is 43.5 Å². The number of carbonyl (C=O) groups is 3. The second-order valence-electron chi connectivity index (χ2n) is 7.10. The molecule has 172 valence electrons. The fraction of sp³-hybridized carbons (Fsp3) is 0.0417. The smallest absolute Gasteiger partial charge is 0.335 e. The van der Waals surface area contributed by atoms with Crippen LogP contribution in [0, 0.1) is 5.82 Å². The zero-order chi connectivity index (χ0) is 24.4. The number of carbonyl (C=O) groups excluding carboxylic acids is 3. The van der Waals surface area contributed by atoms with Gasteiger partial charge in [0.15, 0.2) is 0 Å². The van der Waals surface area contributed by atoms with Gasteiger partial charge >= 0.3 is 6.03 Å². The topological polar surface area (TPSA) is 75.7 Å². The van der Waals surface area contributed by atoms with E-state index >= 15 is 0 Å². The number of imide groups is 2. The largest absolute Gasteiger partial charge is 0.487 e. The van der Waals surface area contributed by atoms with Gasteiger partial charge in [0.25, 0.3) is 11.8 Å². The third kappa shape index (κ3) is 4.91. The maximum absolute atomic E-state index is 14.0. The Hall–Kier alpha value is -3.01. The van der Waals surface area contributed by atoms with Gasteiger partial charge in [0.05, 0.1) is 15.2 Å². The summed E-state index contributed by atoms with van der Waals surface area (Å²) in [7, 11) is 0. The molecule has 6 nitrogen and oxygen atoms in total. The summed E-state index contributed by atoms with van der Waals surface area (Å²) in [6.45, 7) is -0.0898. The molecule has 0 unspecified atom stereocenters. The molecule has 1 fully saturated rings. The van der Waals surface area contributed by atoms with E-state index in [1.54, 1.807) is 42.5 Å². The first-order chi connectivity index (χ1) is 16.3. The van der Waals surface area contributed by atoms with Crippen molar-refractivity contribution in [3.63, 3.8) is 0 Å². The number of barbiturate groups is 1. The van der Waals surface area contributed by atoms with E-state index < -0.39 is 23.7 Å². The van der Waals surface area contributed by atoms with Crippen LogP contribution in [0.15, 0.2) is 75.2 Å². The summed E-state index contributed by atoms with van der Waals surface area (Å²) in [5, 5.41) is 2.32. The second-order valence-corrected chi connectivity index (χ2v) is 9.27. The molecule has 0 aliphatic carbocycles. The number of anilines is 1. The van der Waals surface area contributed by atoms with Crippen molar-refractivity contribution in [2.75, 3.05) is 4.90 Å². The van der Waals surface area contributed by atoms with E-state index in [4.69, 9.17) is 16.3 Å². The van der Waals surface area contributed by atoms with Crippen molar-refractivity contribution < 1.29 is 23.5 Å². The van der Waals surface area contributed by atoms with E-state index in [0.29, 0.717) is 20.1 Å². The molecule has 0 spiro atoms. The molecule has 4 rings (SSSR count). The maximum atomic E-state index is 14.0. The number of para-hydroxylation sites is 1. The molecule has 0 aromatic heterocycles. The summed E-state index contributed by atoms with van der Waals surface area (Å²) in [4.78, 5) is 39.0. The highest BCUT2D eigenvalue weighted by Crippen LogP contribution is 2.36. The van der Waals surface area contributed by atoms with Gasteiger partial charge in [-0.05, 0) is 52.3 Å². The van der Waals surface area contributed by atoms with Gasteiger partial charge in [0, 0.05) is 15.6 Å². The Kier molecular flexibility index (Phi) is 7.16. The van der Waals surface area contributed by atoms with Crippen LogP contribution in [0.3, 0.4) is 0 Å². The lowest BCUT2D eigenvalue weighted by Crippen LogP contribution is -2.54. The first-order valence-corrected chi connectivity index (χ1v) is 11.7. The SMILES string of the molecule is O=C1NC(=O)N(c2ccccc2Cl)C(=O)/C1=C/c1cc(Br)cc(Br)c1OCc1ccccc1F. The van der Waals surface area contributed by atoms with Crippen LogP contribution in [-0.2, 0) is 16.2 Å². The number of nitrogens with zero attached hydrogens (tertiary/aromatic N) is 1. The minimum Gasteiger partial charge on any atom is -0.487 e. The predicted molar refractivity (Wildman–Crippen MR) is 133 cm³/mol. The summed E-state index contributed by atoms with van der Waals surface area (Å²) in [6, 6.07) is 14.9. The summed E-state index contributed by atoms with van der Waals surface area (Å²) in [5.41, 5.74) is 0.513. The van der Waals surface area contributed by atoms with E-state index in [9.17, 15) is 18.8 Å². The molecular weight excluding hydrogens is 595 g/mol. The number of rotatable bonds is 5. The van der Waals surface area contributed by atoms with Gasteiger partial charge in [0.2, 0.25) is 0 Å². The quantitative estimate of drug-likeness (QED) is 0.275. The Bertz CT molecular complexity index is 1360. The molecule has 1 heterocycles. The highest BCUT2D eigenvalue weighted by atomic mass is 79.9. The van der Waals surface area contributed by atoms with Gasteiger partial charge in [-0.15, -0.1) is 0 Å². The zero-order valence-corrected chi connectivity index (χ0v) is 21.1. The lowest BCUT2D eigenvalue weighted by atomic mass is 10.1. The summed E-state index contributed by atoms with van der Waals surface area (Å²) < 4.78 is 21.0. The van der Waals surface area contributed by atoms with Gasteiger partial charge in [0.1, 0.15) is 23.7 Å². The highest BCUT2D eigenvalue weighted by molar-refractivity contribution is 9.11. The fourth-order valence-electron chi connectivity index (χ4n) is 3.27. The summed E-state index contributed by atoms with van der Waals surface area (Å²) in [5.74, 6) is -1.86. The van der Waals surface area contributed by atoms with E-state index in [0.717, 1.165) is 4.90 Å². The van der Waals surface area contributed by atoms with Gasteiger partial charge < -0.3 is 4.74 Å². The van der Waals surface area contributed by atoms with Crippen molar-refractivity contribution >= 4 is 73.1 Å². The van der Waals surface area contributed by atoms with E-state index in [-0.39, 0.29) is 28.6 Å². The molecule has 1 saturated heterocycles. The van der Waals surface area contributed by atoms with Crippen molar-refractivity contribution in [2.24, 2.45) is 0 Å². The van der Waals surface area contributed by atoms with Crippen LogP contribution in [-0.4, -0.2) is 17.8 Å². The number of halogens is 4. The van der Waals surface area contributed by atoms with E-state index in [1.807, 2.05) is 0 Å². The minimum absolute atomic E-state index is 0.0898.